The zero-order chi connectivity index (χ0) is 17.7. The van der Waals surface area contributed by atoms with Crippen LogP contribution in [0.3, 0.4) is 0 Å². The molecule has 0 saturated carbocycles. The number of hydrazone groups is 1. The van der Waals surface area contributed by atoms with E-state index in [0.29, 0.717) is 34.1 Å². The summed E-state index contributed by atoms with van der Waals surface area (Å²) in [6.07, 6.45) is 1.51. The van der Waals surface area contributed by atoms with E-state index in [1.165, 1.54) is 6.21 Å². The highest BCUT2D eigenvalue weighted by molar-refractivity contribution is 5.96. The van der Waals surface area contributed by atoms with Gasteiger partial charge in [-0.1, -0.05) is 6.07 Å². The fourth-order valence-electron chi connectivity index (χ4n) is 2.23. The van der Waals surface area contributed by atoms with Crippen molar-refractivity contribution in [2.45, 2.75) is 33.8 Å². The zero-order valence-electron chi connectivity index (χ0n) is 14.5. The summed E-state index contributed by atoms with van der Waals surface area (Å²) in [5.41, 5.74) is 3.67. The summed E-state index contributed by atoms with van der Waals surface area (Å²) in [5, 5.41) is 4.01. The quantitative estimate of drug-likeness (QED) is 0.650. The predicted octanol–water partition coefficient (Wildman–Crippen LogP) is 3.46. The normalized spacial score (nSPS) is 11.1. The van der Waals surface area contributed by atoms with Crippen LogP contribution < -0.4 is 14.9 Å². The van der Waals surface area contributed by atoms with Crippen LogP contribution in [0, 0.1) is 13.8 Å². The molecule has 1 aromatic heterocycles. The number of para-hydroxylation sites is 1. The molecule has 6 nitrogen and oxygen atoms in total. The van der Waals surface area contributed by atoms with Crippen molar-refractivity contribution >= 4 is 12.1 Å². The Hall–Kier alpha value is -2.76. The number of carbonyl (C=O) groups excluding carboxylic acids is 1. The van der Waals surface area contributed by atoms with Gasteiger partial charge in [0.2, 0.25) is 0 Å². The van der Waals surface area contributed by atoms with Gasteiger partial charge in [0.1, 0.15) is 11.5 Å². The van der Waals surface area contributed by atoms with E-state index < -0.39 is 0 Å². The number of hydrogen-bond donors (Lipinski definition) is 1. The molecular formula is C18H22N2O4. The summed E-state index contributed by atoms with van der Waals surface area (Å²) < 4.78 is 16.4. The number of aryl methyl sites for hydroxylation is 2. The highest BCUT2D eigenvalue weighted by Gasteiger charge is 2.13. The predicted molar refractivity (Wildman–Crippen MR) is 92.0 cm³/mol. The summed E-state index contributed by atoms with van der Waals surface area (Å²) in [7, 11) is 1.58. The molecule has 0 fully saturated rings. The molecule has 0 aliphatic rings. The minimum absolute atomic E-state index is 0.0143. The fourth-order valence-corrected chi connectivity index (χ4v) is 2.23. The number of nitrogens with zero attached hydrogens (tertiary/aromatic N) is 1. The van der Waals surface area contributed by atoms with Crippen molar-refractivity contribution < 1.29 is 18.7 Å². The van der Waals surface area contributed by atoms with E-state index >= 15 is 0 Å². The molecule has 0 radical (unpaired) electrons. The number of nitrogens with one attached hydrogen (secondary N) is 1. The largest absolute Gasteiger partial charge is 0.493 e. The van der Waals surface area contributed by atoms with Crippen molar-refractivity contribution in [2.75, 3.05) is 7.11 Å². The Morgan fingerprint density at radius 1 is 1.33 bits per heavy atom. The molecule has 0 spiro atoms. The van der Waals surface area contributed by atoms with E-state index in [2.05, 4.69) is 10.5 Å². The Morgan fingerprint density at radius 2 is 2.08 bits per heavy atom. The number of furan rings is 1. The standard InChI is InChI=1S/C18H22N2O4/c1-11(2)23-17-14(7-6-8-16(17)22-5)10-19-20-18(21)15-9-12(3)24-13(15)4/h6-11H,1-5H3,(H,20,21)/b19-10-. The minimum atomic E-state index is -0.324. The van der Waals surface area contributed by atoms with Crippen molar-refractivity contribution in [3.8, 4) is 11.5 Å². The molecule has 0 bridgehead atoms. The number of carbonyl (C=O) groups is 1. The van der Waals surface area contributed by atoms with Crippen LogP contribution in [-0.4, -0.2) is 25.3 Å². The van der Waals surface area contributed by atoms with E-state index in [-0.39, 0.29) is 12.0 Å². The third kappa shape index (κ3) is 4.16. The minimum Gasteiger partial charge on any atom is -0.493 e. The number of ether oxygens (including phenoxy) is 2. The van der Waals surface area contributed by atoms with Gasteiger partial charge < -0.3 is 13.9 Å². The first kappa shape index (κ1) is 17.6. The average molecular weight is 330 g/mol. The van der Waals surface area contributed by atoms with Crippen LogP contribution >= 0.6 is 0 Å². The second-order valence-electron chi connectivity index (χ2n) is 5.57. The highest BCUT2D eigenvalue weighted by Crippen LogP contribution is 2.30. The maximum atomic E-state index is 12.1. The van der Waals surface area contributed by atoms with Crippen molar-refractivity contribution in [1.29, 1.82) is 0 Å². The summed E-state index contributed by atoms with van der Waals surface area (Å²) in [6.45, 7) is 7.39. The molecule has 1 aromatic carbocycles. The van der Waals surface area contributed by atoms with Gasteiger partial charge in [0, 0.05) is 5.56 Å². The summed E-state index contributed by atoms with van der Waals surface area (Å²) >= 11 is 0. The van der Waals surface area contributed by atoms with Gasteiger partial charge in [0.05, 0.1) is 25.0 Å². The lowest BCUT2D eigenvalue weighted by atomic mass is 10.2. The maximum absolute atomic E-state index is 12.1. The van der Waals surface area contributed by atoms with E-state index in [9.17, 15) is 4.79 Å². The van der Waals surface area contributed by atoms with Gasteiger partial charge in [0.15, 0.2) is 11.5 Å². The van der Waals surface area contributed by atoms with Crippen molar-refractivity contribution in [3.63, 3.8) is 0 Å². The topological polar surface area (TPSA) is 73.1 Å². The number of hydrogen-bond acceptors (Lipinski definition) is 5. The fraction of sp³-hybridized carbons (Fsp3) is 0.333. The van der Waals surface area contributed by atoms with Crippen LogP contribution in [0.2, 0.25) is 0 Å². The third-order valence-electron chi connectivity index (χ3n) is 3.24. The Morgan fingerprint density at radius 3 is 2.67 bits per heavy atom. The molecule has 0 aliphatic heterocycles. The van der Waals surface area contributed by atoms with E-state index in [1.54, 1.807) is 27.0 Å². The Balaban J connectivity index is 2.17. The van der Waals surface area contributed by atoms with Crippen molar-refractivity contribution in [2.24, 2.45) is 5.10 Å². The lowest BCUT2D eigenvalue weighted by Gasteiger charge is -2.15. The smallest absolute Gasteiger partial charge is 0.274 e. The number of amides is 1. The Labute approximate surface area is 141 Å². The first-order valence-electron chi connectivity index (χ1n) is 7.66. The van der Waals surface area contributed by atoms with Crippen LogP contribution in [-0.2, 0) is 0 Å². The molecule has 128 valence electrons. The SMILES string of the molecule is COc1cccc(/C=N\NC(=O)c2cc(C)oc2C)c1OC(C)C. The molecule has 1 heterocycles. The molecule has 1 amide bonds. The number of benzene rings is 1. The molecule has 24 heavy (non-hydrogen) atoms. The third-order valence-corrected chi connectivity index (χ3v) is 3.24. The second-order valence-corrected chi connectivity index (χ2v) is 5.57. The maximum Gasteiger partial charge on any atom is 0.274 e. The molecule has 2 aromatic rings. The number of methoxy groups -OCH3 is 1. The lowest BCUT2D eigenvalue weighted by Crippen LogP contribution is -2.18. The van der Waals surface area contributed by atoms with Crippen LogP contribution in [0.4, 0.5) is 0 Å². The molecule has 6 heteroatoms. The number of rotatable bonds is 6. The monoisotopic (exact) mass is 330 g/mol. The van der Waals surface area contributed by atoms with Gasteiger partial charge in [-0.2, -0.15) is 5.10 Å². The van der Waals surface area contributed by atoms with Gasteiger partial charge in [0.25, 0.3) is 5.91 Å². The molecule has 0 saturated heterocycles. The Bertz CT molecular complexity index is 747. The summed E-state index contributed by atoms with van der Waals surface area (Å²) in [6, 6.07) is 7.16. The highest BCUT2D eigenvalue weighted by atomic mass is 16.5. The molecule has 2 rings (SSSR count). The Kier molecular flexibility index (Phi) is 5.63. The van der Waals surface area contributed by atoms with Crippen LogP contribution in [0.1, 0.15) is 41.3 Å². The van der Waals surface area contributed by atoms with Gasteiger partial charge in [-0.25, -0.2) is 5.43 Å². The summed E-state index contributed by atoms with van der Waals surface area (Å²) in [5.74, 6) is 2.12. The van der Waals surface area contributed by atoms with Gasteiger partial charge in [-0.05, 0) is 45.9 Å². The molecule has 0 atom stereocenters. The van der Waals surface area contributed by atoms with Crippen molar-refractivity contribution in [3.05, 3.63) is 46.9 Å². The van der Waals surface area contributed by atoms with E-state index in [1.807, 2.05) is 32.0 Å². The lowest BCUT2D eigenvalue weighted by molar-refractivity contribution is 0.0953. The first-order chi connectivity index (χ1) is 11.4. The van der Waals surface area contributed by atoms with Crippen LogP contribution in [0.5, 0.6) is 11.5 Å². The van der Waals surface area contributed by atoms with Crippen LogP contribution in [0.15, 0.2) is 33.8 Å². The first-order valence-corrected chi connectivity index (χ1v) is 7.66. The second kappa shape index (κ2) is 7.68. The summed E-state index contributed by atoms with van der Waals surface area (Å²) in [4.78, 5) is 12.1. The van der Waals surface area contributed by atoms with E-state index in [4.69, 9.17) is 13.9 Å². The molecular weight excluding hydrogens is 308 g/mol. The van der Waals surface area contributed by atoms with Gasteiger partial charge in [-0.3, -0.25) is 4.79 Å². The van der Waals surface area contributed by atoms with E-state index in [0.717, 1.165) is 0 Å². The van der Waals surface area contributed by atoms with Crippen LogP contribution in [0.25, 0.3) is 0 Å². The van der Waals surface area contributed by atoms with Gasteiger partial charge >= 0.3 is 0 Å². The molecule has 0 aliphatic carbocycles. The molecule has 1 N–H and O–H groups in total. The van der Waals surface area contributed by atoms with Gasteiger partial charge in [-0.15, -0.1) is 0 Å². The average Bonchev–Trinajstić information content (AvgIpc) is 2.86. The van der Waals surface area contributed by atoms with Crippen molar-refractivity contribution in [1.82, 2.24) is 5.43 Å². The zero-order valence-corrected chi connectivity index (χ0v) is 14.5. The molecule has 0 unspecified atom stereocenters.